The standard InChI is InChI=1S/C15H19NO3/c1-11(2)9-14(17)16(3)10-12-5-7-13(8-6-12)15(18)19-4/h5-9H,10H2,1-4H3. The number of rotatable bonds is 4. The molecule has 1 amide bonds. The second kappa shape index (κ2) is 6.73. The molecule has 0 radical (unpaired) electrons. The third-order valence-electron chi connectivity index (χ3n) is 2.58. The molecule has 0 heterocycles. The van der Waals surface area contributed by atoms with Gasteiger partial charge in [0.2, 0.25) is 5.91 Å². The van der Waals surface area contributed by atoms with Crippen molar-refractivity contribution in [2.24, 2.45) is 0 Å². The Morgan fingerprint density at radius 3 is 2.26 bits per heavy atom. The lowest BCUT2D eigenvalue weighted by Crippen LogP contribution is -2.24. The molecule has 1 rings (SSSR count). The fraction of sp³-hybridized carbons (Fsp3) is 0.333. The number of carbonyl (C=O) groups is 2. The second-order valence-electron chi connectivity index (χ2n) is 4.60. The van der Waals surface area contributed by atoms with Crippen molar-refractivity contribution in [1.82, 2.24) is 4.90 Å². The molecule has 0 saturated heterocycles. The zero-order chi connectivity index (χ0) is 14.4. The Hall–Kier alpha value is -2.10. The average molecular weight is 261 g/mol. The van der Waals surface area contributed by atoms with E-state index in [0.29, 0.717) is 12.1 Å². The first kappa shape index (κ1) is 15.0. The third kappa shape index (κ3) is 4.58. The zero-order valence-corrected chi connectivity index (χ0v) is 11.8. The summed E-state index contributed by atoms with van der Waals surface area (Å²) >= 11 is 0. The van der Waals surface area contributed by atoms with Crippen molar-refractivity contribution in [3.8, 4) is 0 Å². The molecule has 4 nitrogen and oxygen atoms in total. The Morgan fingerprint density at radius 1 is 1.21 bits per heavy atom. The number of esters is 1. The molecular weight excluding hydrogens is 242 g/mol. The molecular formula is C15H19NO3. The summed E-state index contributed by atoms with van der Waals surface area (Å²) in [7, 11) is 3.10. The average Bonchev–Trinajstić information content (AvgIpc) is 2.37. The first-order chi connectivity index (χ1) is 8.93. The van der Waals surface area contributed by atoms with E-state index >= 15 is 0 Å². The van der Waals surface area contributed by atoms with Gasteiger partial charge in [-0.05, 0) is 31.5 Å². The molecule has 0 atom stereocenters. The van der Waals surface area contributed by atoms with Crippen molar-refractivity contribution in [2.45, 2.75) is 20.4 Å². The molecule has 0 fully saturated rings. The van der Waals surface area contributed by atoms with Crippen LogP contribution in [0.5, 0.6) is 0 Å². The van der Waals surface area contributed by atoms with E-state index < -0.39 is 0 Å². The van der Waals surface area contributed by atoms with Crippen molar-refractivity contribution in [3.05, 3.63) is 47.0 Å². The number of methoxy groups -OCH3 is 1. The molecule has 1 aromatic carbocycles. The minimum atomic E-state index is -0.361. The largest absolute Gasteiger partial charge is 0.465 e. The van der Waals surface area contributed by atoms with Gasteiger partial charge in [0.15, 0.2) is 0 Å². The van der Waals surface area contributed by atoms with Crippen molar-refractivity contribution < 1.29 is 14.3 Å². The smallest absolute Gasteiger partial charge is 0.337 e. The molecule has 0 unspecified atom stereocenters. The highest BCUT2D eigenvalue weighted by Gasteiger charge is 2.08. The monoisotopic (exact) mass is 261 g/mol. The molecule has 0 bridgehead atoms. The Morgan fingerprint density at radius 2 is 1.79 bits per heavy atom. The number of hydrogen-bond donors (Lipinski definition) is 0. The van der Waals surface area contributed by atoms with E-state index in [1.165, 1.54) is 7.11 Å². The van der Waals surface area contributed by atoms with Crippen LogP contribution in [0.2, 0.25) is 0 Å². The van der Waals surface area contributed by atoms with Crippen molar-refractivity contribution in [3.63, 3.8) is 0 Å². The highest BCUT2D eigenvalue weighted by atomic mass is 16.5. The van der Waals surface area contributed by atoms with Crippen molar-refractivity contribution in [2.75, 3.05) is 14.2 Å². The minimum absolute atomic E-state index is 0.0305. The molecule has 0 aliphatic rings. The fourth-order valence-electron chi connectivity index (χ4n) is 1.57. The maximum Gasteiger partial charge on any atom is 0.337 e. The van der Waals surface area contributed by atoms with Crippen LogP contribution in [-0.2, 0) is 16.1 Å². The molecule has 0 saturated carbocycles. The van der Waals surface area contributed by atoms with Gasteiger partial charge in [-0.3, -0.25) is 4.79 Å². The summed E-state index contributed by atoms with van der Waals surface area (Å²) in [6.45, 7) is 4.28. The summed E-state index contributed by atoms with van der Waals surface area (Å²) in [5.41, 5.74) is 2.44. The number of likely N-dealkylation sites (N-methyl/N-ethyl adjacent to an activating group) is 1. The van der Waals surface area contributed by atoms with Crippen LogP contribution in [0, 0.1) is 0 Å². The van der Waals surface area contributed by atoms with Crippen LogP contribution in [0.15, 0.2) is 35.9 Å². The zero-order valence-electron chi connectivity index (χ0n) is 11.8. The number of allylic oxidation sites excluding steroid dienone is 1. The Balaban J connectivity index is 2.70. The van der Waals surface area contributed by atoms with Crippen molar-refractivity contribution in [1.29, 1.82) is 0 Å². The summed E-state index contributed by atoms with van der Waals surface area (Å²) in [6, 6.07) is 7.03. The normalized spacial score (nSPS) is 9.68. The van der Waals surface area contributed by atoms with E-state index in [0.717, 1.165) is 11.1 Å². The van der Waals surface area contributed by atoms with Gasteiger partial charge < -0.3 is 9.64 Å². The lowest BCUT2D eigenvalue weighted by molar-refractivity contribution is -0.125. The van der Waals surface area contributed by atoms with Crippen molar-refractivity contribution >= 4 is 11.9 Å². The number of carbonyl (C=O) groups excluding carboxylic acids is 2. The maximum absolute atomic E-state index is 11.8. The van der Waals surface area contributed by atoms with Gasteiger partial charge in [0.1, 0.15) is 0 Å². The van der Waals surface area contributed by atoms with Crippen LogP contribution in [-0.4, -0.2) is 30.9 Å². The topological polar surface area (TPSA) is 46.6 Å². The second-order valence-corrected chi connectivity index (χ2v) is 4.60. The number of benzene rings is 1. The first-order valence-electron chi connectivity index (χ1n) is 6.01. The van der Waals surface area contributed by atoms with E-state index in [4.69, 9.17) is 0 Å². The number of hydrogen-bond acceptors (Lipinski definition) is 3. The summed E-state index contributed by atoms with van der Waals surface area (Å²) < 4.78 is 4.63. The number of ether oxygens (including phenoxy) is 1. The quantitative estimate of drug-likeness (QED) is 0.617. The molecule has 102 valence electrons. The van der Waals surface area contributed by atoms with Gasteiger partial charge in [-0.1, -0.05) is 17.7 Å². The number of nitrogens with zero attached hydrogens (tertiary/aromatic N) is 1. The summed E-state index contributed by atoms with van der Waals surface area (Å²) in [5, 5.41) is 0. The fourth-order valence-corrected chi connectivity index (χ4v) is 1.57. The van der Waals surface area contributed by atoms with E-state index in [2.05, 4.69) is 4.74 Å². The Labute approximate surface area is 113 Å². The van der Waals surface area contributed by atoms with E-state index in [9.17, 15) is 9.59 Å². The van der Waals surface area contributed by atoms with E-state index in [-0.39, 0.29) is 11.9 Å². The van der Waals surface area contributed by atoms with Gasteiger partial charge in [0, 0.05) is 19.7 Å². The van der Waals surface area contributed by atoms with Crippen LogP contribution in [0.3, 0.4) is 0 Å². The Bertz CT molecular complexity index is 485. The Kier molecular flexibility index (Phi) is 5.30. The third-order valence-corrected chi connectivity index (χ3v) is 2.58. The van der Waals surface area contributed by atoms with Gasteiger partial charge in [-0.15, -0.1) is 0 Å². The molecule has 0 aliphatic heterocycles. The van der Waals surface area contributed by atoms with Gasteiger partial charge in [-0.25, -0.2) is 4.79 Å². The predicted octanol–water partition coefficient (Wildman–Crippen LogP) is 2.40. The number of amides is 1. The highest BCUT2D eigenvalue weighted by molar-refractivity contribution is 5.89. The minimum Gasteiger partial charge on any atom is -0.465 e. The SMILES string of the molecule is COC(=O)c1ccc(CN(C)C(=O)C=C(C)C)cc1. The molecule has 0 N–H and O–H groups in total. The molecule has 1 aromatic rings. The van der Waals surface area contributed by atoms with Gasteiger partial charge in [0.25, 0.3) is 0 Å². The predicted molar refractivity (Wildman–Crippen MR) is 73.7 cm³/mol. The lowest BCUT2D eigenvalue weighted by atomic mass is 10.1. The van der Waals surface area contributed by atoms with Crippen LogP contribution in [0.25, 0.3) is 0 Å². The van der Waals surface area contributed by atoms with Gasteiger partial charge >= 0.3 is 5.97 Å². The molecule has 0 aromatic heterocycles. The summed E-state index contributed by atoms with van der Waals surface area (Å²) in [4.78, 5) is 24.7. The molecule has 19 heavy (non-hydrogen) atoms. The maximum atomic E-state index is 11.8. The molecule has 0 aliphatic carbocycles. The molecule has 0 spiro atoms. The van der Waals surface area contributed by atoms with Gasteiger partial charge in [-0.2, -0.15) is 0 Å². The van der Waals surface area contributed by atoms with Crippen LogP contribution < -0.4 is 0 Å². The lowest BCUT2D eigenvalue weighted by Gasteiger charge is -2.15. The summed E-state index contributed by atoms with van der Waals surface area (Å²) in [6.07, 6.45) is 1.60. The van der Waals surface area contributed by atoms with Crippen LogP contribution in [0.4, 0.5) is 0 Å². The van der Waals surface area contributed by atoms with Crippen LogP contribution in [0.1, 0.15) is 29.8 Å². The summed E-state index contributed by atoms with van der Waals surface area (Å²) in [5.74, 6) is -0.391. The first-order valence-corrected chi connectivity index (χ1v) is 6.01. The van der Waals surface area contributed by atoms with Crippen LogP contribution >= 0.6 is 0 Å². The highest BCUT2D eigenvalue weighted by Crippen LogP contribution is 2.08. The van der Waals surface area contributed by atoms with E-state index in [1.54, 1.807) is 30.2 Å². The molecule has 4 heteroatoms. The van der Waals surface area contributed by atoms with E-state index in [1.807, 2.05) is 26.0 Å². The van der Waals surface area contributed by atoms with Gasteiger partial charge in [0.05, 0.1) is 12.7 Å².